The number of benzene rings is 2. The van der Waals surface area contributed by atoms with Crippen molar-refractivity contribution in [1.29, 1.82) is 0 Å². The molecule has 0 saturated carbocycles. The van der Waals surface area contributed by atoms with Crippen molar-refractivity contribution >= 4 is 40.6 Å². The molecule has 0 aliphatic rings. The number of halogens is 1. The maximum atomic E-state index is 12.0. The number of nitro benzene ring substituents is 1. The highest BCUT2D eigenvalue weighted by atomic mass is 35.5. The Hall–Kier alpha value is -2.91. The van der Waals surface area contributed by atoms with Crippen molar-refractivity contribution in [3.05, 3.63) is 75.1 Å². The monoisotopic (exact) mass is 404 g/mol. The van der Waals surface area contributed by atoms with Crippen molar-refractivity contribution in [3.63, 3.8) is 0 Å². The van der Waals surface area contributed by atoms with Crippen LogP contribution in [0.15, 0.2) is 58.2 Å². The topological polar surface area (TPSA) is 111 Å². The van der Waals surface area contributed by atoms with E-state index in [2.05, 4.69) is 15.5 Å². The van der Waals surface area contributed by atoms with Gasteiger partial charge in [-0.1, -0.05) is 53.7 Å². The number of nitrogens with zero attached hydrogens (tertiary/aromatic N) is 3. The van der Waals surface area contributed by atoms with Gasteiger partial charge in [0, 0.05) is 11.8 Å². The van der Waals surface area contributed by atoms with Crippen LogP contribution in [0.4, 0.5) is 11.4 Å². The van der Waals surface area contributed by atoms with Gasteiger partial charge in [0.05, 0.1) is 17.1 Å². The third-order valence-corrected chi connectivity index (χ3v) is 4.54. The van der Waals surface area contributed by atoms with Crippen molar-refractivity contribution in [2.24, 2.45) is 0 Å². The first-order chi connectivity index (χ1) is 13.0. The molecule has 0 fully saturated rings. The highest BCUT2D eigenvalue weighted by molar-refractivity contribution is 7.99. The largest absolute Gasteiger partial charge is 0.416 e. The molecule has 138 valence electrons. The van der Waals surface area contributed by atoms with Crippen LogP contribution in [0.1, 0.15) is 11.5 Å². The maximum absolute atomic E-state index is 12.0. The van der Waals surface area contributed by atoms with Gasteiger partial charge in [0.15, 0.2) is 0 Å². The number of carbonyl (C=O) groups excluding carboxylic acids is 1. The minimum atomic E-state index is -0.612. The lowest BCUT2D eigenvalue weighted by molar-refractivity contribution is -0.384. The summed E-state index contributed by atoms with van der Waals surface area (Å²) in [6.07, 6.45) is 0.509. The Balaban J connectivity index is 1.54. The van der Waals surface area contributed by atoms with Crippen molar-refractivity contribution in [1.82, 2.24) is 10.2 Å². The highest BCUT2D eigenvalue weighted by Gasteiger charge is 2.15. The number of rotatable bonds is 7. The fraction of sp³-hybridized carbons (Fsp3) is 0.118. The van der Waals surface area contributed by atoms with E-state index in [0.29, 0.717) is 12.3 Å². The van der Waals surface area contributed by atoms with Gasteiger partial charge in [0.25, 0.3) is 10.9 Å². The smallest absolute Gasteiger partial charge is 0.289 e. The third-order valence-electron chi connectivity index (χ3n) is 3.40. The molecular weight excluding hydrogens is 392 g/mol. The van der Waals surface area contributed by atoms with Crippen molar-refractivity contribution < 1.29 is 14.1 Å². The van der Waals surface area contributed by atoms with Gasteiger partial charge in [-0.05, 0) is 17.7 Å². The second-order valence-corrected chi connectivity index (χ2v) is 6.72. The zero-order valence-electron chi connectivity index (χ0n) is 13.8. The Bertz CT molecular complexity index is 965. The summed E-state index contributed by atoms with van der Waals surface area (Å²) in [6, 6.07) is 13.7. The van der Waals surface area contributed by atoms with E-state index in [1.165, 1.54) is 18.2 Å². The molecule has 0 unspecified atom stereocenters. The minimum Gasteiger partial charge on any atom is -0.416 e. The molecular formula is C17H13ClN4O4S. The molecule has 0 atom stereocenters. The van der Waals surface area contributed by atoms with E-state index in [0.717, 1.165) is 17.3 Å². The molecule has 0 bridgehead atoms. The first-order valence-electron chi connectivity index (χ1n) is 7.74. The predicted molar refractivity (Wildman–Crippen MR) is 101 cm³/mol. The van der Waals surface area contributed by atoms with Gasteiger partial charge in [-0.25, -0.2) is 0 Å². The number of nitro groups is 1. The van der Waals surface area contributed by atoms with Gasteiger partial charge in [-0.15, -0.1) is 10.2 Å². The number of thioether (sulfide) groups is 1. The van der Waals surface area contributed by atoms with Crippen LogP contribution in [0.25, 0.3) is 0 Å². The molecule has 10 heteroatoms. The van der Waals surface area contributed by atoms with Gasteiger partial charge in [-0.2, -0.15) is 0 Å². The van der Waals surface area contributed by atoms with Gasteiger partial charge in [-0.3, -0.25) is 14.9 Å². The van der Waals surface area contributed by atoms with E-state index in [1.54, 1.807) is 0 Å². The average molecular weight is 405 g/mol. The van der Waals surface area contributed by atoms with Crippen LogP contribution in [0.2, 0.25) is 5.02 Å². The molecule has 8 nitrogen and oxygen atoms in total. The molecule has 0 spiro atoms. The van der Waals surface area contributed by atoms with Crippen LogP contribution in [0.3, 0.4) is 0 Å². The Morgan fingerprint density at radius 3 is 2.74 bits per heavy atom. The molecule has 0 radical (unpaired) electrons. The lowest BCUT2D eigenvalue weighted by Crippen LogP contribution is -2.14. The average Bonchev–Trinajstić information content (AvgIpc) is 3.09. The summed E-state index contributed by atoms with van der Waals surface area (Å²) >= 11 is 6.82. The first-order valence-corrected chi connectivity index (χ1v) is 9.10. The fourth-order valence-electron chi connectivity index (χ4n) is 2.19. The summed E-state index contributed by atoms with van der Waals surface area (Å²) in [5.41, 5.74) is 1.05. The zero-order valence-corrected chi connectivity index (χ0v) is 15.4. The van der Waals surface area contributed by atoms with Crippen LogP contribution in [0, 0.1) is 10.1 Å². The fourth-order valence-corrected chi connectivity index (χ4v) is 2.96. The molecule has 0 aliphatic carbocycles. The first kappa shape index (κ1) is 18.9. The standard InChI is InChI=1S/C17H13ClN4O4S/c18-13-7-6-12(9-14(13)22(24)25)19-15(23)10-27-17-21-20-16(26-17)8-11-4-2-1-3-5-11/h1-7,9H,8,10H2,(H,19,23). The van der Waals surface area contributed by atoms with Crippen LogP contribution in [0.5, 0.6) is 0 Å². The number of carbonyl (C=O) groups is 1. The molecule has 0 aliphatic heterocycles. The van der Waals surface area contributed by atoms with Crippen molar-refractivity contribution in [2.75, 3.05) is 11.1 Å². The van der Waals surface area contributed by atoms with Gasteiger partial charge in [0.2, 0.25) is 11.8 Å². The second kappa shape index (κ2) is 8.65. The third kappa shape index (κ3) is 5.28. The number of anilines is 1. The summed E-state index contributed by atoms with van der Waals surface area (Å²) in [7, 11) is 0. The number of amides is 1. The quantitative estimate of drug-likeness (QED) is 0.360. The molecule has 3 rings (SSSR count). The van der Waals surface area contributed by atoms with Gasteiger partial charge >= 0.3 is 0 Å². The molecule has 3 aromatic rings. The Morgan fingerprint density at radius 2 is 2.00 bits per heavy atom. The SMILES string of the molecule is O=C(CSc1nnc(Cc2ccccc2)o1)Nc1ccc(Cl)c([N+](=O)[O-])c1. The van der Waals surface area contributed by atoms with E-state index in [9.17, 15) is 14.9 Å². The Labute approximate surface area is 163 Å². The lowest BCUT2D eigenvalue weighted by atomic mass is 10.2. The molecule has 0 saturated heterocycles. The Kier molecular flexibility index (Phi) is 6.05. The number of nitrogens with one attached hydrogen (secondary N) is 1. The van der Waals surface area contributed by atoms with E-state index in [1.807, 2.05) is 30.3 Å². The van der Waals surface area contributed by atoms with Crippen molar-refractivity contribution in [3.8, 4) is 0 Å². The predicted octanol–water partition coefficient (Wildman–Crippen LogP) is 3.95. The molecule has 2 aromatic carbocycles. The normalized spacial score (nSPS) is 10.6. The summed E-state index contributed by atoms with van der Waals surface area (Å²) < 4.78 is 5.51. The molecule has 1 N–H and O–H groups in total. The summed E-state index contributed by atoms with van der Waals surface area (Å²) in [5.74, 6) is 0.112. The lowest BCUT2D eigenvalue weighted by Gasteiger charge is -2.04. The number of aromatic nitrogens is 2. The van der Waals surface area contributed by atoms with Crippen LogP contribution < -0.4 is 5.32 Å². The molecule has 27 heavy (non-hydrogen) atoms. The summed E-state index contributed by atoms with van der Waals surface area (Å²) in [4.78, 5) is 22.3. The maximum Gasteiger partial charge on any atom is 0.289 e. The van der Waals surface area contributed by atoms with Crippen LogP contribution in [-0.2, 0) is 11.2 Å². The summed E-state index contributed by atoms with van der Waals surface area (Å²) in [5, 5.41) is 21.6. The minimum absolute atomic E-state index is 0.00387. The molecule has 1 heterocycles. The van der Waals surface area contributed by atoms with E-state index < -0.39 is 4.92 Å². The van der Waals surface area contributed by atoms with Crippen LogP contribution >= 0.6 is 23.4 Å². The van der Waals surface area contributed by atoms with E-state index in [-0.39, 0.29) is 33.3 Å². The number of hydrogen-bond acceptors (Lipinski definition) is 7. The van der Waals surface area contributed by atoms with Crippen LogP contribution in [-0.4, -0.2) is 26.8 Å². The highest BCUT2D eigenvalue weighted by Crippen LogP contribution is 2.27. The van der Waals surface area contributed by atoms with E-state index >= 15 is 0 Å². The van der Waals surface area contributed by atoms with E-state index in [4.69, 9.17) is 16.0 Å². The van der Waals surface area contributed by atoms with Crippen molar-refractivity contribution in [2.45, 2.75) is 11.6 Å². The zero-order chi connectivity index (χ0) is 19.2. The Morgan fingerprint density at radius 1 is 1.22 bits per heavy atom. The molecule has 1 amide bonds. The second-order valence-electron chi connectivity index (χ2n) is 5.38. The van der Waals surface area contributed by atoms with Gasteiger partial charge < -0.3 is 9.73 Å². The molecule has 1 aromatic heterocycles. The van der Waals surface area contributed by atoms with Gasteiger partial charge in [0.1, 0.15) is 5.02 Å². The summed E-state index contributed by atoms with van der Waals surface area (Å²) in [6.45, 7) is 0. The number of hydrogen-bond donors (Lipinski definition) is 1.